The lowest BCUT2D eigenvalue weighted by Gasteiger charge is -2.34. The van der Waals surface area contributed by atoms with Gasteiger partial charge in [0.2, 0.25) is 0 Å². The molecule has 1 N–H and O–H groups in total. The fourth-order valence-electron chi connectivity index (χ4n) is 2.92. The highest BCUT2D eigenvalue weighted by atomic mass is 19.1. The van der Waals surface area contributed by atoms with Gasteiger partial charge in [-0.1, -0.05) is 26.7 Å². The van der Waals surface area contributed by atoms with Crippen LogP contribution in [0.4, 0.5) is 8.78 Å². The summed E-state index contributed by atoms with van der Waals surface area (Å²) in [6.07, 6.45) is 3.10. The van der Waals surface area contributed by atoms with E-state index in [1.807, 2.05) is 0 Å². The summed E-state index contributed by atoms with van der Waals surface area (Å²) in [5.74, 6) is -2.17. The number of benzene rings is 1. The van der Waals surface area contributed by atoms with E-state index in [9.17, 15) is 18.4 Å². The quantitative estimate of drug-likeness (QED) is 0.866. The van der Waals surface area contributed by atoms with Crippen LogP contribution in [0, 0.1) is 23.5 Å². The lowest BCUT2D eigenvalue weighted by atomic mass is 9.78. The fourth-order valence-corrected chi connectivity index (χ4v) is 2.92. The molecule has 0 heterocycles. The van der Waals surface area contributed by atoms with Crippen LogP contribution in [0.5, 0.6) is 0 Å². The highest BCUT2D eigenvalue weighted by Gasteiger charge is 2.28. The van der Waals surface area contributed by atoms with Crippen molar-refractivity contribution in [2.45, 2.75) is 39.2 Å². The van der Waals surface area contributed by atoms with Gasteiger partial charge in [0.05, 0.1) is 5.56 Å². The number of nitrogens with one attached hydrogen (secondary N) is 1. The number of hydrogen-bond acceptors (Lipinski definition) is 3. The second-order valence-corrected chi connectivity index (χ2v) is 6.18. The molecule has 0 aromatic heterocycles. The predicted molar refractivity (Wildman–Crippen MR) is 80.8 cm³/mol. The zero-order valence-corrected chi connectivity index (χ0v) is 13.3. The summed E-state index contributed by atoms with van der Waals surface area (Å²) in [5.41, 5.74) is -0.255. The van der Waals surface area contributed by atoms with Gasteiger partial charge in [0, 0.05) is 12.1 Å². The van der Waals surface area contributed by atoms with E-state index in [4.69, 9.17) is 4.74 Å². The van der Waals surface area contributed by atoms with Crippen molar-refractivity contribution in [1.29, 1.82) is 0 Å². The molecular weight excluding hydrogens is 304 g/mol. The molecule has 1 fully saturated rings. The number of carbonyl (C=O) groups excluding carboxylic acids is 2. The third kappa shape index (κ3) is 4.74. The molecule has 4 nitrogen and oxygen atoms in total. The molecule has 0 saturated heterocycles. The Hall–Kier alpha value is -1.98. The van der Waals surface area contributed by atoms with Crippen molar-refractivity contribution >= 4 is 11.9 Å². The monoisotopic (exact) mass is 325 g/mol. The molecule has 3 atom stereocenters. The van der Waals surface area contributed by atoms with E-state index in [-0.39, 0.29) is 11.6 Å². The van der Waals surface area contributed by atoms with Crippen molar-refractivity contribution in [2.75, 3.05) is 6.61 Å². The summed E-state index contributed by atoms with van der Waals surface area (Å²) in [4.78, 5) is 23.6. The van der Waals surface area contributed by atoms with E-state index in [0.29, 0.717) is 17.9 Å². The maximum Gasteiger partial charge on any atom is 0.338 e. The van der Waals surface area contributed by atoms with E-state index < -0.39 is 30.1 Å². The number of amides is 1. The van der Waals surface area contributed by atoms with Gasteiger partial charge in [-0.25, -0.2) is 13.6 Å². The van der Waals surface area contributed by atoms with Gasteiger partial charge in [0.15, 0.2) is 6.61 Å². The Morgan fingerprint density at radius 2 is 1.83 bits per heavy atom. The van der Waals surface area contributed by atoms with Crippen molar-refractivity contribution < 1.29 is 23.1 Å². The Morgan fingerprint density at radius 3 is 2.48 bits per heavy atom. The lowest BCUT2D eigenvalue weighted by molar-refractivity contribution is -0.125. The van der Waals surface area contributed by atoms with Crippen molar-refractivity contribution in [2.24, 2.45) is 11.8 Å². The topological polar surface area (TPSA) is 55.4 Å². The smallest absolute Gasteiger partial charge is 0.338 e. The molecule has 1 aliphatic rings. The first kappa shape index (κ1) is 17.4. The van der Waals surface area contributed by atoms with E-state index >= 15 is 0 Å². The van der Waals surface area contributed by atoms with E-state index in [2.05, 4.69) is 19.2 Å². The van der Waals surface area contributed by atoms with Crippen molar-refractivity contribution in [3.05, 3.63) is 35.4 Å². The van der Waals surface area contributed by atoms with Crippen LogP contribution in [-0.4, -0.2) is 24.5 Å². The first-order valence-corrected chi connectivity index (χ1v) is 7.79. The first-order valence-electron chi connectivity index (χ1n) is 7.79. The molecule has 1 saturated carbocycles. The Kier molecular flexibility index (Phi) is 5.69. The van der Waals surface area contributed by atoms with Gasteiger partial charge in [0.1, 0.15) is 11.6 Å². The maximum absolute atomic E-state index is 13.0. The molecule has 0 spiro atoms. The maximum atomic E-state index is 13.0. The minimum absolute atomic E-state index is 0.0663. The number of carbonyl (C=O) groups is 2. The van der Waals surface area contributed by atoms with Crippen LogP contribution in [0.2, 0.25) is 0 Å². The van der Waals surface area contributed by atoms with Gasteiger partial charge in [0.25, 0.3) is 5.91 Å². The third-order valence-corrected chi connectivity index (χ3v) is 4.49. The van der Waals surface area contributed by atoms with Crippen molar-refractivity contribution in [1.82, 2.24) is 5.32 Å². The van der Waals surface area contributed by atoms with Crippen LogP contribution >= 0.6 is 0 Å². The molecule has 1 aromatic carbocycles. The van der Waals surface area contributed by atoms with E-state index in [1.54, 1.807) is 0 Å². The highest BCUT2D eigenvalue weighted by Crippen LogP contribution is 2.29. The molecule has 1 aliphatic carbocycles. The number of ether oxygens (including phenoxy) is 1. The molecule has 126 valence electrons. The second-order valence-electron chi connectivity index (χ2n) is 6.18. The molecule has 2 rings (SSSR count). The van der Waals surface area contributed by atoms with Gasteiger partial charge in [-0.05, 0) is 30.4 Å². The molecule has 0 unspecified atom stereocenters. The fraction of sp³-hybridized carbons (Fsp3) is 0.529. The molecule has 6 heteroatoms. The van der Waals surface area contributed by atoms with Gasteiger partial charge < -0.3 is 10.1 Å². The van der Waals surface area contributed by atoms with E-state index in [0.717, 1.165) is 31.4 Å². The lowest BCUT2D eigenvalue weighted by Crippen LogP contribution is -2.45. The number of halogens is 2. The SMILES string of the molecule is C[C@@H]1[C@H](C)CCC[C@H]1NC(=O)COC(=O)c1cc(F)cc(F)c1. The Morgan fingerprint density at radius 1 is 1.17 bits per heavy atom. The molecule has 1 amide bonds. The Balaban J connectivity index is 1.85. The van der Waals surface area contributed by atoms with Crippen LogP contribution in [0.15, 0.2) is 18.2 Å². The summed E-state index contributed by atoms with van der Waals surface area (Å²) >= 11 is 0. The summed E-state index contributed by atoms with van der Waals surface area (Å²) in [7, 11) is 0. The van der Waals surface area contributed by atoms with Crippen molar-refractivity contribution in [3.8, 4) is 0 Å². The van der Waals surface area contributed by atoms with Gasteiger partial charge >= 0.3 is 5.97 Å². The number of rotatable bonds is 4. The Labute approximate surface area is 134 Å². The molecule has 23 heavy (non-hydrogen) atoms. The zero-order chi connectivity index (χ0) is 17.0. The average Bonchev–Trinajstić information content (AvgIpc) is 2.48. The van der Waals surface area contributed by atoms with Crippen LogP contribution in [-0.2, 0) is 9.53 Å². The largest absolute Gasteiger partial charge is 0.452 e. The van der Waals surface area contributed by atoms with E-state index in [1.165, 1.54) is 0 Å². The standard InChI is InChI=1S/C17H21F2NO3/c1-10-4-3-5-15(11(10)2)20-16(21)9-23-17(22)12-6-13(18)8-14(19)7-12/h6-8,10-11,15H,3-5,9H2,1-2H3,(H,20,21)/t10-,11-,15-/m1/s1. The average molecular weight is 325 g/mol. The normalized spacial score (nSPS) is 24.1. The molecular formula is C17H21F2NO3. The van der Waals surface area contributed by atoms with Gasteiger partial charge in [-0.15, -0.1) is 0 Å². The summed E-state index contributed by atoms with van der Waals surface area (Å²) < 4.78 is 30.9. The van der Waals surface area contributed by atoms with Crippen molar-refractivity contribution in [3.63, 3.8) is 0 Å². The van der Waals surface area contributed by atoms with Crippen LogP contribution in [0.3, 0.4) is 0 Å². The number of hydrogen-bond donors (Lipinski definition) is 1. The summed E-state index contributed by atoms with van der Waals surface area (Å²) in [6, 6.07) is 2.47. The zero-order valence-electron chi connectivity index (χ0n) is 13.3. The minimum atomic E-state index is -0.927. The van der Waals surface area contributed by atoms with Crippen LogP contribution in [0.1, 0.15) is 43.5 Å². The first-order chi connectivity index (χ1) is 10.9. The Bertz CT molecular complexity index is 571. The molecule has 0 bridgehead atoms. The molecule has 0 radical (unpaired) electrons. The second kappa shape index (κ2) is 7.53. The predicted octanol–water partition coefficient (Wildman–Crippen LogP) is 3.06. The number of esters is 1. The summed E-state index contributed by atoms with van der Waals surface area (Å²) in [5, 5.41) is 2.86. The van der Waals surface area contributed by atoms with Gasteiger partial charge in [-0.3, -0.25) is 4.79 Å². The summed E-state index contributed by atoms with van der Waals surface area (Å²) in [6.45, 7) is 3.78. The van der Waals surface area contributed by atoms with Crippen LogP contribution < -0.4 is 5.32 Å². The minimum Gasteiger partial charge on any atom is -0.452 e. The van der Waals surface area contributed by atoms with Gasteiger partial charge in [-0.2, -0.15) is 0 Å². The highest BCUT2D eigenvalue weighted by molar-refractivity contribution is 5.91. The molecule has 0 aliphatic heterocycles. The van der Waals surface area contributed by atoms with Crippen LogP contribution in [0.25, 0.3) is 0 Å². The molecule has 1 aromatic rings. The third-order valence-electron chi connectivity index (χ3n) is 4.49.